The fraction of sp³-hybridized carbons (Fsp3) is 0.282. The van der Waals surface area contributed by atoms with Crippen molar-refractivity contribution in [2.75, 3.05) is 4.90 Å². The molecule has 8 rings (SSSR count). The summed E-state index contributed by atoms with van der Waals surface area (Å²) in [5.41, 5.74) is 14.6. The molecule has 1 heteroatoms. The van der Waals surface area contributed by atoms with Gasteiger partial charge in [0.25, 0.3) is 0 Å². The summed E-state index contributed by atoms with van der Waals surface area (Å²) in [7, 11) is 0. The maximum Gasteiger partial charge on any atom is 0.0498 e. The average Bonchev–Trinajstić information content (AvgIpc) is 3.35. The fourth-order valence-corrected chi connectivity index (χ4v) is 7.97. The third-order valence-corrected chi connectivity index (χ3v) is 10.1. The lowest BCUT2D eigenvalue weighted by Gasteiger charge is -2.44. The van der Waals surface area contributed by atoms with Crippen molar-refractivity contribution in [2.24, 2.45) is 5.41 Å². The van der Waals surface area contributed by atoms with Gasteiger partial charge in [0, 0.05) is 40.3 Å². The van der Waals surface area contributed by atoms with Gasteiger partial charge in [0.05, 0.1) is 0 Å². The molecule has 3 atom stereocenters. The first-order chi connectivity index (χ1) is 19.6. The Morgan fingerprint density at radius 1 is 0.775 bits per heavy atom. The van der Waals surface area contributed by atoms with Crippen molar-refractivity contribution in [3.63, 3.8) is 0 Å². The predicted molar refractivity (Wildman–Crippen MR) is 168 cm³/mol. The maximum atomic E-state index is 2.62. The Kier molecular flexibility index (Phi) is 5.46. The molecular weight excluding hydrogens is 482 g/mol. The summed E-state index contributed by atoms with van der Waals surface area (Å²) in [5.74, 6) is 1.37. The standard InChI is InChI=1S/C39H37N/c1-39(2)34-15-6-7-17-37(34)40-36-23-22-31(25-33(36)32-14-9-16-35(39)38(32)40)30-13-8-12-29(24-30)28-20-18-27(19-21-28)26-10-4-3-5-11-26/h3-5,7-10,13,16-26,29,32H,6,11-12,14-15H2,1-2H3. The summed E-state index contributed by atoms with van der Waals surface area (Å²) in [6, 6.07) is 16.7. The molecule has 0 saturated heterocycles. The Balaban J connectivity index is 1.14. The minimum Gasteiger partial charge on any atom is -0.313 e. The third kappa shape index (κ3) is 3.60. The molecule has 3 unspecified atom stereocenters. The van der Waals surface area contributed by atoms with Gasteiger partial charge < -0.3 is 4.90 Å². The lowest BCUT2D eigenvalue weighted by Crippen LogP contribution is -2.36. The molecule has 4 aliphatic carbocycles. The first kappa shape index (κ1) is 24.0. The second-order valence-electron chi connectivity index (χ2n) is 12.7. The molecule has 0 bridgehead atoms. The van der Waals surface area contributed by atoms with E-state index < -0.39 is 0 Å². The Morgan fingerprint density at radius 3 is 2.40 bits per heavy atom. The summed E-state index contributed by atoms with van der Waals surface area (Å²) >= 11 is 0. The normalized spacial score (nSPS) is 27.1. The van der Waals surface area contributed by atoms with Gasteiger partial charge in [-0.2, -0.15) is 0 Å². The molecule has 2 aliphatic heterocycles. The number of rotatable bonds is 3. The van der Waals surface area contributed by atoms with Crippen LogP contribution in [0.25, 0.3) is 5.57 Å². The van der Waals surface area contributed by atoms with Crippen LogP contribution >= 0.6 is 0 Å². The molecule has 2 aromatic carbocycles. The molecule has 0 fully saturated rings. The van der Waals surface area contributed by atoms with Gasteiger partial charge in [0.15, 0.2) is 0 Å². The van der Waals surface area contributed by atoms with E-state index >= 15 is 0 Å². The zero-order valence-corrected chi connectivity index (χ0v) is 23.6. The number of hydrogen-bond acceptors (Lipinski definition) is 1. The van der Waals surface area contributed by atoms with E-state index in [1.807, 2.05) is 0 Å². The maximum absolute atomic E-state index is 2.62. The number of allylic oxidation sites excluding steroid dienone is 15. The minimum atomic E-state index is 0.0906. The van der Waals surface area contributed by atoms with Crippen molar-refractivity contribution in [3.05, 3.63) is 154 Å². The van der Waals surface area contributed by atoms with E-state index in [0.717, 1.165) is 32.1 Å². The van der Waals surface area contributed by atoms with E-state index in [1.54, 1.807) is 5.57 Å². The number of hydrogen-bond donors (Lipinski definition) is 0. The van der Waals surface area contributed by atoms with Crippen LogP contribution in [0.1, 0.15) is 86.0 Å². The van der Waals surface area contributed by atoms with Gasteiger partial charge in [0.2, 0.25) is 0 Å². The highest BCUT2D eigenvalue weighted by atomic mass is 15.2. The van der Waals surface area contributed by atoms with Gasteiger partial charge in [-0.25, -0.2) is 0 Å². The van der Waals surface area contributed by atoms with Crippen LogP contribution in [0.5, 0.6) is 0 Å². The Labute approximate surface area is 239 Å². The Hall–Kier alpha value is -3.84. The van der Waals surface area contributed by atoms with Crippen LogP contribution in [0.4, 0.5) is 5.69 Å². The van der Waals surface area contributed by atoms with Crippen molar-refractivity contribution in [3.8, 4) is 0 Å². The zero-order valence-electron chi connectivity index (χ0n) is 23.6. The van der Waals surface area contributed by atoms with Crippen LogP contribution in [0.15, 0.2) is 132 Å². The van der Waals surface area contributed by atoms with Crippen molar-refractivity contribution in [2.45, 2.75) is 63.7 Å². The third-order valence-electron chi connectivity index (χ3n) is 10.1. The van der Waals surface area contributed by atoms with Crippen molar-refractivity contribution in [1.82, 2.24) is 0 Å². The van der Waals surface area contributed by atoms with Gasteiger partial charge in [-0.15, -0.1) is 0 Å². The summed E-state index contributed by atoms with van der Waals surface area (Å²) in [6.07, 6.45) is 31.3. The SMILES string of the molecule is CC1(C)C2=C3C(CC=C2)c2cc(C4=CC(c5ccc(C6C=CC=CC6)cc5)CC=C4)ccc2N3C2=C1CCC=C2. The van der Waals surface area contributed by atoms with E-state index in [2.05, 4.69) is 128 Å². The predicted octanol–water partition coefficient (Wildman–Crippen LogP) is 10.2. The molecule has 0 amide bonds. The molecule has 0 spiro atoms. The summed E-state index contributed by atoms with van der Waals surface area (Å²) in [5, 5.41) is 0. The van der Waals surface area contributed by atoms with E-state index in [0.29, 0.717) is 17.8 Å². The van der Waals surface area contributed by atoms with Crippen molar-refractivity contribution < 1.29 is 0 Å². The molecule has 1 nitrogen and oxygen atoms in total. The monoisotopic (exact) mass is 519 g/mol. The van der Waals surface area contributed by atoms with Gasteiger partial charge in [-0.3, -0.25) is 0 Å². The molecule has 198 valence electrons. The topological polar surface area (TPSA) is 3.24 Å². The van der Waals surface area contributed by atoms with E-state index in [1.165, 1.54) is 50.5 Å². The highest BCUT2D eigenvalue weighted by molar-refractivity contribution is 5.83. The first-order valence-electron chi connectivity index (χ1n) is 15.2. The lowest BCUT2D eigenvalue weighted by atomic mass is 9.68. The largest absolute Gasteiger partial charge is 0.313 e. The summed E-state index contributed by atoms with van der Waals surface area (Å²) in [6.45, 7) is 4.88. The molecule has 0 N–H and O–H groups in total. The quantitative estimate of drug-likeness (QED) is 0.390. The number of anilines is 1. The smallest absolute Gasteiger partial charge is 0.0498 e. The Morgan fingerprint density at radius 2 is 1.57 bits per heavy atom. The van der Waals surface area contributed by atoms with Gasteiger partial charge in [-0.1, -0.05) is 105 Å². The molecule has 0 radical (unpaired) electrons. The van der Waals surface area contributed by atoms with Crippen LogP contribution in [0.2, 0.25) is 0 Å². The molecule has 2 heterocycles. The van der Waals surface area contributed by atoms with Gasteiger partial charge in [0.1, 0.15) is 0 Å². The average molecular weight is 520 g/mol. The van der Waals surface area contributed by atoms with Crippen LogP contribution in [0.3, 0.4) is 0 Å². The van der Waals surface area contributed by atoms with E-state index in [4.69, 9.17) is 0 Å². The summed E-state index contributed by atoms with van der Waals surface area (Å²) < 4.78 is 0. The molecule has 6 aliphatic rings. The van der Waals surface area contributed by atoms with Crippen LogP contribution in [0, 0.1) is 5.41 Å². The Bertz CT molecular complexity index is 1640. The molecule has 0 saturated carbocycles. The number of fused-ring (bicyclic) bond motifs is 4. The highest BCUT2D eigenvalue weighted by Gasteiger charge is 2.47. The van der Waals surface area contributed by atoms with Crippen molar-refractivity contribution in [1.29, 1.82) is 0 Å². The number of benzene rings is 2. The van der Waals surface area contributed by atoms with Crippen LogP contribution in [-0.2, 0) is 0 Å². The molecular formula is C39H37N. The van der Waals surface area contributed by atoms with E-state index in [9.17, 15) is 0 Å². The van der Waals surface area contributed by atoms with Crippen LogP contribution < -0.4 is 4.90 Å². The fourth-order valence-electron chi connectivity index (χ4n) is 7.97. The highest BCUT2D eigenvalue weighted by Crippen LogP contribution is 2.59. The zero-order chi connectivity index (χ0) is 26.8. The second-order valence-corrected chi connectivity index (χ2v) is 12.7. The second kappa shape index (κ2) is 9.10. The minimum absolute atomic E-state index is 0.0906. The van der Waals surface area contributed by atoms with Crippen molar-refractivity contribution >= 4 is 11.3 Å². The first-order valence-corrected chi connectivity index (χ1v) is 15.2. The van der Waals surface area contributed by atoms with Gasteiger partial charge in [-0.05, 0) is 89.3 Å². The van der Waals surface area contributed by atoms with Gasteiger partial charge >= 0.3 is 0 Å². The van der Waals surface area contributed by atoms with E-state index in [-0.39, 0.29) is 5.41 Å². The number of nitrogens with zero attached hydrogens (tertiary/aromatic N) is 1. The summed E-state index contributed by atoms with van der Waals surface area (Å²) in [4.78, 5) is 2.62. The molecule has 0 aromatic heterocycles. The lowest BCUT2D eigenvalue weighted by molar-refractivity contribution is 0.490. The molecule has 40 heavy (non-hydrogen) atoms. The molecule has 2 aromatic rings. The van der Waals surface area contributed by atoms with Crippen LogP contribution in [-0.4, -0.2) is 0 Å².